The molecule has 1 saturated heterocycles. The van der Waals surface area contributed by atoms with Crippen molar-refractivity contribution in [1.82, 2.24) is 0 Å². The zero-order valence-electron chi connectivity index (χ0n) is 10.0. The molecule has 0 amide bonds. The lowest BCUT2D eigenvalue weighted by molar-refractivity contribution is -0.131. The second kappa shape index (κ2) is 6.97. The summed E-state index contributed by atoms with van der Waals surface area (Å²) in [5.74, 6) is 0.107. The number of carboxylic acid groups (broad SMARTS) is 1. The van der Waals surface area contributed by atoms with Crippen LogP contribution in [0.3, 0.4) is 0 Å². The van der Waals surface area contributed by atoms with Gasteiger partial charge in [-0.05, 0) is 35.9 Å². The fourth-order valence-electron chi connectivity index (χ4n) is 1.77. The van der Waals surface area contributed by atoms with Gasteiger partial charge in [-0.1, -0.05) is 0 Å². The summed E-state index contributed by atoms with van der Waals surface area (Å²) in [7, 11) is 0. The fraction of sp³-hybridized carbons (Fsp3) is 0.462. The Balaban J connectivity index is 1.80. The van der Waals surface area contributed by atoms with E-state index < -0.39 is 5.97 Å². The highest BCUT2D eigenvalue weighted by Gasteiger charge is 2.14. The minimum atomic E-state index is -0.903. The minimum absolute atomic E-state index is 0.707. The lowest BCUT2D eigenvalue weighted by Crippen LogP contribution is -2.17. The molecule has 5 heteroatoms. The van der Waals surface area contributed by atoms with E-state index in [0.717, 1.165) is 37.4 Å². The molecular weight excluding hydrogens is 268 g/mol. The zero-order valence-corrected chi connectivity index (χ0v) is 11.6. The molecule has 3 nitrogen and oxygen atoms in total. The van der Waals surface area contributed by atoms with Gasteiger partial charge in [0.1, 0.15) is 0 Å². The van der Waals surface area contributed by atoms with E-state index in [-0.39, 0.29) is 0 Å². The molecule has 1 fully saturated rings. The number of aliphatic carboxylic acids is 1. The maximum Gasteiger partial charge on any atom is 0.328 e. The van der Waals surface area contributed by atoms with Gasteiger partial charge >= 0.3 is 5.97 Å². The first kappa shape index (κ1) is 13.6. The van der Waals surface area contributed by atoms with Gasteiger partial charge in [0.2, 0.25) is 0 Å². The highest BCUT2D eigenvalue weighted by molar-refractivity contribution is 7.99. The molecule has 2 heterocycles. The predicted molar refractivity (Wildman–Crippen MR) is 76.1 cm³/mol. The lowest BCUT2D eigenvalue weighted by Gasteiger charge is -2.20. The first-order valence-electron chi connectivity index (χ1n) is 5.92. The van der Waals surface area contributed by atoms with E-state index in [1.165, 1.54) is 11.0 Å². The SMILES string of the molecule is O=C(O)/C=C/c1csc(CSC2CCOCC2)c1. The molecule has 2 rings (SSSR count). The topological polar surface area (TPSA) is 46.5 Å². The van der Waals surface area contributed by atoms with Crippen LogP contribution in [0.2, 0.25) is 0 Å². The molecule has 1 N–H and O–H groups in total. The van der Waals surface area contributed by atoms with Crippen LogP contribution in [0.25, 0.3) is 6.08 Å². The van der Waals surface area contributed by atoms with Gasteiger partial charge in [0.05, 0.1) is 0 Å². The number of carboxylic acids is 1. The van der Waals surface area contributed by atoms with Gasteiger partial charge in [0.15, 0.2) is 0 Å². The molecule has 0 unspecified atom stereocenters. The Morgan fingerprint density at radius 1 is 1.56 bits per heavy atom. The Morgan fingerprint density at radius 3 is 3.06 bits per heavy atom. The molecule has 0 saturated carbocycles. The monoisotopic (exact) mass is 284 g/mol. The maximum absolute atomic E-state index is 10.4. The highest BCUT2D eigenvalue weighted by Crippen LogP contribution is 2.28. The van der Waals surface area contributed by atoms with Gasteiger partial charge in [0, 0.05) is 35.2 Å². The molecule has 98 valence electrons. The Morgan fingerprint density at radius 2 is 2.33 bits per heavy atom. The average Bonchev–Trinajstić information content (AvgIpc) is 2.83. The summed E-state index contributed by atoms with van der Waals surface area (Å²) in [5.41, 5.74) is 0.977. The molecule has 0 atom stereocenters. The Hall–Kier alpha value is -0.780. The quantitative estimate of drug-likeness (QED) is 0.843. The Bertz CT molecular complexity index is 420. The van der Waals surface area contributed by atoms with Gasteiger partial charge in [-0.2, -0.15) is 11.8 Å². The molecule has 18 heavy (non-hydrogen) atoms. The maximum atomic E-state index is 10.4. The summed E-state index contributed by atoms with van der Waals surface area (Å²) < 4.78 is 5.33. The summed E-state index contributed by atoms with van der Waals surface area (Å²) >= 11 is 3.67. The third-order valence-corrected chi connectivity index (χ3v) is 5.28. The van der Waals surface area contributed by atoms with E-state index in [9.17, 15) is 4.79 Å². The van der Waals surface area contributed by atoms with Crippen LogP contribution < -0.4 is 0 Å². The molecule has 1 aliphatic heterocycles. The lowest BCUT2D eigenvalue weighted by atomic mass is 10.2. The van der Waals surface area contributed by atoms with E-state index in [1.54, 1.807) is 17.4 Å². The van der Waals surface area contributed by atoms with E-state index >= 15 is 0 Å². The summed E-state index contributed by atoms with van der Waals surface area (Å²) in [6.07, 6.45) is 5.10. The van der Waals surface area contributed by atoms with Crippen LogP contribution in [0.15, 0.2) is 17.5 Å². The largest absolute Gasteiger partial charge is 0.478 e. The van der Waals surface area contributed by atoms with Crippen molar-refractivity contribution >= 4 is 35.1 Å². The molecule has 0 aliphatic carbocycles. The first-order chi connectivity index (χ1) is 8.74. The highest BCUT2D eigenvalue weighted by atomic mass is 32.2. The fourth-order valence-corrected chi connectivity index (χ4v) is 3.89. The Labute approximate surface area is 115 Å². The summed E-state index contributed by atoms with van der Waals surface area (Å²) in [5, 5.41) is 11.3. The standard InChI is InChI=1S/C13H16O3S2/c14-13(15)2-1-10-7-12(17-8-10)9-18-11-3-5-16-6-4-11/h1-2,7-8,11H,3-6,9H2,(H,14,15)/b2-1+. The number of hydrogen-bond acceptors (Lipinski definition) is 4. The van der Waals surface area contributed by atoms with Crippen molar-refractivity contribution in [3.63, 3.8) is 0 Å². The van der Waals surface area contributed by atoms with Crippen LogP contribution in [-0.4, -0.2) is 29.5 Å². The van der Waals surface area contributed by atoms with E-state index in [0.29, 0.717) is 5.25 Å². The molecule has 1 aromatic heterocycles. The van der Waals surface area contributed by atoms with Crippen LogP contribution in [0.1, 0.15) is 23.3 Å². The number of hydrogen-bond donors (Lipinski definition) is 1. The minimum Gasteiger partial charge on any atom is -0.478 e. The van der Waals surface area contributed by atoms with Crippen molar-refractivity contribution < 1.29 is 14.6 Å². The van der Waals surface area contributed by atoms with Crippen molar-refractivity contribution in [2.45, 2.75) is 23.8 Å². The van der Waals surface area contributed by atoms with Crippen LogP contribution in [-0.2, 0) is 15.3 Å². The molecule has 1 aliphatic rings. The van der Waals surface area contributed by atoms with Gasteiger partial charge < -0.3 is 9.84 Å². The molecule has 0 bridgehead atoms. The van der Waals surface area contributed by atoms with E-state index in [2.05, 4.69) is 6.07 Å². The van der Waals surface area contributed by atoms with Gasteiger partial charge in [0.25, 0.3) is 0 Å². The van der Waals surface area contributed by atoms with E-state index in [4.69, 9.17) is 9.84 Å². The van der Waals surface area contributed by atoms with Crippen LogP contribution in [0.5, 0.6) is 0 Å². The van der Waals surface area contributed by atoms with Gasteiger partial charge in [-0.15, -0.1) is 11.3 Å². The molecule has 0 aromatic carbocycles. The molecule has 0 radical (unpaired) electrons. The predicted octanol–water partition coefficient (Wildman–Crippen LogP) is 3.26. The van der Waals surface area contributed by atoms with Gasteiger partial charge in [-0.3, -0.25) is 0 Å². The second-order valence-corrected chi connectivity index (χ2v) is 6.43. The van der Waals surface area contributed by atoms with Gasteiger partial charge in [-0.25, -0.2) is 4.79 Å². The summed E-state index contributed by atoms with van der Waals surface area (Å²) in [6, 6.07) is 2.07. The Kier molecular flexibility index (Phi) is 5.28. The number of ether oxygens (including phenoxy) is 1. The smallest absolute Gasteiger partial charge is 0.328 e. The zero-order chi connectivity index (χ0) is 12.8. The number of rotatable bonds is 5. The van der Waals surface area contributed by atoms with Crippen molar-refractivity contribution in [2.24, 2.45) is 0 Å². The molecule has 0 spiro atoms. The van der Waals surface area contributed by atoms with Crippen LogP contribution >= 0.6 is 23.1 Å². The number of carbonyl (C=O) groups is 1. The van der Waals surface area contributed by atoms with Crippen molar-refractivity contribution in [3.8, 4) is 0 Å². The molecule has 1 aromatic rings. The molecular formula is C13H16O3S2. The normalized spacial score (nSPS) is 17.3. The number of thioether (sulfide) groups is 1. The summed E-state index contributed by atoms with van der Waals surface area (Å²) in [4.78, 5) is 11.7. The van der Waals surface area contributed by atoms with Crippen molar-refractivity contribution in [3.05, 3.63) is 28.0 Å². The van der Waals surface area contributed by atoms with Crippen molar-refractivity contribution in [1.29, 1.82) is 0 Å². The third-order valence-electron chi connectivity index (χ3n) is 2.72. The van der Waals surface area contributed by atoms with E-state index in [1.807, 2.05) is 17.1 Å². The summed E-state index contributed by atoms with van der Waals surface area (Å²) in [6.45, 7) is 1.77. The van der Waals surface area contributed by atoms with Crippen molar-refractivity contribution in [2.75, 3.05) is 13.2 Å². The van der Waals surface area contributed by atoms with Crippen LogP contribution in [0.4, 0.5) is 0 Å². The average molecular weight is 284 g/mol. The third kappa shape index (κ3) is 4.48. The second-order valence-electron chi connectivity index (χ2n) is 4.14. The van der Waals surface area contributed by atoms with Crippen LogP contribution in [0, 0.1) is 0 Å². The number of thiophene rings is 1. The first-order valence-corrected chi connectivity index (χ1v) is 7.84.